The highest BCUT2D eigenvalue weighted by molar-refractivity contribution is 7.15. The Morgan fingerprint density at radius 2 is 1.89 bits per heavy atom. The summed E-state index contributed by atoms with van der Waals surface area (Å²) < 4.78 is 0. The van der Waals surface area contributed by atoms with Gasteiger partial charge in [-0.2, -0.15) is 0 Å². The van der Waals surface area contributed by atoms with Gasteiger partial charge in [-0.1, -0.05) is 20.8 Å². The molecular weight excluding hydrogens is 254 g/mol. The number of hydrogen-bond acceptors (Lipinski definition) is 4. The Labute approximate surface area is 122 Å². The van der Waals surface area contributed by atoms with Crippen LogP contribution in [0.5, 0.6) is 0 Å². The first-order chi connectivity index (χ1) is 8.99. The molecule has 0 bridgehead atoms. The van der Waals surface area contributed by atoms with Gasteiger partial charge in [-0.15, -0.1) is 11.3 Å². The van der Waals surface area contributed by atoms with E-state index in [0.29, 0.717) is 12.0 Å². The number of aromatic nitrogens is 1. The normalized spacial score (nSPS) is 11.6. The predicted octanol–water partition coefficient (Wildman–Crippen LogP) is 3.69. The van der Waals surface area contributed by atoms with Gasteiger partial charge in [-0.05, 0) is 39.7 Å². The molecule has 0 saturated carbocycles. The second-order valence-electron chi connectivity index (χ2n) is 5.62. The smallest absolute Gasteiger partial charge is 0.186 e. The van der Waals surface area contributed by atoms with Gasteiger partial charge in [0.2, 0.25) is 0 Å². The van der Waals surface area contributed by atoms with Crippen molar-refractivity contribution in [1.82, 2.24) is 10.3 Å². The van der Waals surface area contributed by atoms with Crippen molar-refractivity contribution < 1.29 is 0 Å². The molecule has 0 amide bonds. The number of nitrogens with zero attached hydrogens (tertiary/aromatic N) is 2. The summed E-state index contributed by atoms with van der Waals surface area (Å²) in [6.07, 6.45) is 1.02. The number of rotatable bonds is 8. The van der Waals surface area contributed by atoms with E-state index in [1.165, 1.54) is 15.7 Å². The van der Waals surface area contributed by atoms with Crippen LogP contribution in [-0.2, 0) is 13.0 Å². The Hall–Kier alpha value is -0.610. The van der Waals surface area contributed by atoms with Crippen molar-refractivity contribution in [3.8, 4) is 0 Å². The molecule has 0 unspecified atom stereocenters. The van der Waals surface area contributed by atoms with Gasteiger partial charge >= 0.3 is 0 Å². The predicted molar refractivity (Wildman–Crippen MR) is 86.2 cm³/mol. The van der Waals surface area contributed by atoms with E-state index in [-0.39, 0.29) is 0 Å². The minimum atomic E-state index is 0.511. The molecule has 0 aliphatic carbocycles. The number of nitrogens with one attached hydrogen (secondary N) is 1. The van der Waals surface area contributed by atoms with E-state index >= 15 is 0 Å². The van der Waals surface area contributed by atoms with E-state index in [4.69, 9.17) is 4.98 Å². The van der Waals surface area contributed by atoms with E-state index in [2.05, 4.69) is 51.8 Å². The Morgan fingerprint density at radius 3 is 2.37 bits per heavy atom. The molecule has 0 saturated heterocycles. The third kappa shape index (κ3) is 4.77. The van der Waals surface area contributed by atoms with Gasteiger partial charge in [0.1, 0.15) is 0 Å². The van der Waals surface area contributed by atoms with Gasteiger partial charge in [0, 0.05) is 24.0 Å². The van der Waals surface area contributed by atoms with Crippen molar-refractivity contribution in [2.24, 2.45) is 5.92 Å². The van der Waals surface area contributed by atoms with Crippen molar-refractivity contribution in [3.05, 3.63) is 10.6 Å². The Morgan fingerprint density at radius 1 is 1.21 bits per heavy atom. The molecule has 4 heteroatoms. The zero-order valence-electron chi connectivity index (χ0n) is 13.3. The molecule has 1 rings (SSSR count). The Balaban J connectivity index is 2.78. The van der Waals surface area contributed by atoms with Crippen molar-refractivity contribution >= 4 is 16.5 Å². The van der Waals surface area contributed by atoms with E-state index in [1.807, 2.05) is 11.3 Å². The molecule has 0 spiro atoms. The van der Waals surface area contributed by atoms with E-state index < -0.39 is 0 Å². The van der Waals surface area contributed by atoms with Crippen LogP contribution in [-0.4, -0.2) is 24.1 Å². The van der Waals surface area contributed by atoms with Gasteiger partial charge in [-0.25, -0.2) is 4.98 Å². The van der Waals surface area contributed by atoms with E-state index in [9.17, 15) is 0 Å². The number of hydrogen-bond donors (Lipinski definition) is 1. The summed E-state index contributed by atoms with van der Waals surface area (Å²) in [5, 5.41) is 4.70. The summed E-state index contributed by atoms with van der Waals surface area (Å²) in [7, 11) is 0. The van der Waals surface area contributed by atoms with Crippen LogP contribution < -0.4 is 10.2 Å². The number of anilines is 1. The van der Waals surface area contributed by atoms with Gasteiger partial charge in [0.15, 0.2) is 5.13 Å². The topological polar surface area (TPSA) is 28.2 Å². The van der Waals surface area contributed by atoms with Crippen LogP contribution in [0.2, 0.25) is 0 Å². The van der Waals surface area contributed by atoms with Crippen LogP contribution in [0.4, 0.5) is 5.13 Å². The number of aryl methyl sites for hydroxylation is 1. The zero-order chi connectivity index (χ0) is 14.4. The van der Waals surface area contributed by atoms with Crippen LogP contribution in [0.1, 0.15) is 52.1 Å². The highest BCUT2D eigenvalue weighted by atomic mass is 32.1. The summed E-state index contributed by atoms with van der Waals surface area (Å²) in [6, 6.07) is 0.511. The van der Waals surface area contributed by atoms with Crippen LogP contribution in [0.3, 0.4) is 0 Å². The maximum absolute atomic E-state index is 4.82. The highest BCUT2D eigenvalue weighted by Crippen LogP contribution is 2.28. The first-order valence-electron chi connectivity index (χ1n) is 7.45. The second-order valence-corrected chi connectivity index (χ2v) is 6.69. The fraction of sp³-hybridized carbons (Fsp3) is 0.800. The quantitative estimate of drug-likeness (QED) is 0.789. The van der Waals surface area contributed by atoms with Gasteiger partial charge in [0.05, 0.1) is 5.69 Å². The molecule has 1 aromatic rings. The van der Waals surface area contributed by atoms with Gasteiger partial charge in [-0.3, -0.25) is 0 Å². The molecule has 3 nitrogen and oxygen atoms in total. The summed E-state index contributed by atoms with van der Waals surface area (Å²) >= 11 is 1.85. The second kappa shape index (κ2) is 7.85. The van der Waals surface area contributed by atoms with Crippen LogP contribution in [0, 0.1) is 5.92 Å². The van der Waals surface area contributed by atoms with E-state index in [0.717, 1.165) is 26.1 Å². The molecule has 0 aliphatic heterocycles. The third-order valence-corrected chi connectivity index (χ3v) is 4.28. The van der Waals surface area contributed by atoms with Crippen molar-refractivity contribution in [2.45, 2.75) is 60.5 Å². The minimum Gasteiger partial charge on any atom is -0.346 e. The highest BCUT2D eigenvalue weighted by Gasteiger charge is 2.16. The maximum Gasteiger partial charge on any atom is 0.186 e. The zero-order valence-corrected chi connectivity index (χ0v) is 14.1. The summed E-state index contributed by atoms with van der Waals surface area (Å²) in [5.74, 6) is 0.695. The first-order valence-corrected chi connectivity index (χ1v) is 8.27. The number of thiazole rings is 1. The standard InChI is InChI=1S/C15H29N3S/c1-7-13-14(10-16-9-11(3)4)19-15(17-13)18(8-2)12(5)6/h11-12,16H,7-10H2,1-6H3. The molecule has 19 heavy (non-hydrogen) atoms. The first kappa shape index (κ1) is 16.4. The van der Waals surface area contributed by atoms with Crippen LogP contribution in [0.15, 0.2) is 0 Å². The monoisotopic (exact) mass is 283 g/mol. The fourth-order valence-corrected chi connectivity index (χ4v) is 3.42. The molecule has 0 atom stereocenters. The van der Waals surface area contributed by atoms with Crippen molar-refractivity contribution in [1.29, 1.82) is 0 Å². The molecule has 110 valence electrons. The lowest BCUT2D eigenvalue weighted by Crippen LogP contribution is -2.30. The van der Waals surface area contributed by atoms with Gasteiger partial charge < -0.3 is 10.2 Å². The molecule has 0 fully saturated rings. The summed E-state index contributed by atoms with van der Waals surface area (Å²) in [6.45, 7) is 16.4. The molecule has 0 aliphatic rings. The average molecular weight is 283 g/mol. The molecule has 1 aromatic heterocycles. The molecule has 1 N–H and O–H groups in total. The Bertz CT molecular complexity index is 371. The van der Waals surface area contributed by atoms with Crippen LogP contribution in [0.25, 0.3) is 0 Å². The van der Waals surface area contributed by atoms with Gasteiger partial charge in [0.25, 0.3) is 0 Å². The minimum absolute atomic E-state index is 0.511. The summed E-state index contributed by atoms with van der Waals surface area (Å²) in [4.78, 5) is 8.59. The van der Waals surface area contributed by atoms with Crippen molar-refractivity contribution in [2.75, 3.05) is 18.0 Å². The molecule has 0 radical (unpaired) electrons. The van der Waals surface area contributed by atoms with E-state index in [1.54, 1.807) is 0 Å². The van der Waals surface area contributed by atoms with Crippen LogP contribution >= 0.6 is 11.3 Å². The maximum atomic E-state index is 4.82. The summed E-state index contributed by atoms with van der Waals surface area (Å²) in [5.41, 5.74) is 1.26. The average Bonchev–Trinajstić information content (AvgIpc) is 2.72. The Kier molecular flexibility index (Phi) is 6.80. The lowest BCUT2D eigenvalue weighted by atomic mass is 10.2. The third-order valence-electron chi connectivity index (χ3n) is 3.15. The fourth-order valence-electron chi connectivity index (χ4n) is 2.10. The van der Waals surface area contributed by atoms with Crippen molar-refractivity contribution in [3.63, 3.8) is 0 Å². The lowest BCUT2D eigenvalue weighted by Gasteiger charge is -2.24. The molecule has 1 heterocycles. The molecular formula is C15H29N3S. The SMILES string of the molecule is CCc1nc(N(CC)C(C)C)sc1CNCC(C)C. The lowest BCUT2D eigenvalue weighted by molar-refractivity contribution is 0.553. The largest absolute Gasteiger partial charge is 0.346 e. The molecule has 0 aromatic carbocycles.